The summed E-state index contributed by atoms with van der Waals surface area (Å²) in [6, 6.07) is 7.26. The molecule has 1 fully saturated rings. The molecule has 5 heteroatoms. The van der Waals surface area contributed by atoms with Gasteiger partial charge in [-0.05, 0) is 30.4 Å². The number of aromatic amines is 1. The number of H-pyrrole nitrogens is 1. The minimum Gasteiger partial charge on any atom is -0.331 e. The predicted octanol–water partition coefficient (Wildman–Crippen LogP) is 2.41. The van der Waals surface area contributed by atoms with Crippen LogP contribution in [0.5, 0.6) is 0 Å². The molecular weight excluding hydrogens is 260 g/mol. The normalized spacial score (nSPS) is 18.7. The van der Waals surface area contributed by atoms with E-state index in [0.29, 0.717) is 5.56 Å². The smallest absolute Gasteiger partial charge is 0.254 e. The second kappa shape index (κ2) is 5.01. The molecule has 1 aliphatic rings. The first-order valence-corrected chi connectivity index (χ1v) is 7.17. The van der Waals surface area contributed by atoms with E-state index in [0.717, 1.165) is 19.4 Å². The molecule has 0 spiro atoms. The van der Waals surface area contributed by atoms with Crippen molar-refractivity contribution in [3.05, 3.63) is 56.6 Å². The Morgan fingerprint density at radius 3 is 3.05 bits per heavy atom. The lowest BCUT2D eigenvalue weighted by Gasteiger charge is -2.23. The van der Waals surface area contributed by atoms with Crippen molar-refractivity contribution in [3.8, 4) is 0 Å². The summed E-state index contributed by atoms with van der Waals surface area (Å²) < 4.78 is 0. The number of nitrogens with one attached hydrogen (secondary N) is 1. The highest BCUT2D eigenvalue weighted by atomic mass is 32.1. The fourth-order valence-corrected chi connectivity index (χ4v) is 3.40. The molecule has 1 amide bonds. The topological polar surface area (TPSA) is 53.2 Å². The third kappa shape index (κ3) is 2.33. The van der Waals surface area contributed by atoms with Crippen LogP contribution in [-0.2, 0) is 0 Å². The van der Waals surface area contributed by atoms with Gasteiger partial charge in [0.05, 0.1) is 6.04 Å². The van der Waals surface area contributed by atoms with Gasteiger partial charge in [-0.1, -0.05) is 6.07 Å². The van der Waals surface area contributed by atoms with Gasteiger partial charge in [0, 0.05) is 29.2 Å². The van der Waals surface area contributed by atoms with Crippen LogP contribution < -0.4 is 5.56 Å². The van der Waals surface area contributed by atoms with Crippen molar-refractivity contribution in [3.63, 3.8) is 0 Å². The number of thiophene rings is 1. The molecule has 3 heterocycles. The number of likely N-dealkylation sites (tertiary alicyclic amines) is 1. The largest absolute Gasteiger partial charge is 0.331 e. The standard InChI is InChI=1S/C14H14N2O2S/c17-13-9-10(5-6-15-13)14(18)16-7-1-3-11(16)12-4-2-8-19-12/h2,4-6,8-9,11H,1,3,7H2,(H,15,17). The molecule has 1 unspecified atom stereocenters. The number of aromatic nitrogens is 1. The van der Waals surface area contributed by atoms with Crippen molar-refractivity contribution < 1.29 is 4.79 Å². The van der Waals surface area contributed by atoms with Crippen molar-refractivity contribution in [2.45, 2.75) is 18.9 Å². The van der Waals surface area contributed by atoms with E-state index < -0.39 is 0 Å². The maximum Gasteiger partial charge on any atom is 0.254 e. The molecule has 1 atom stereocenters. The Morgan fingerprint density at radius 1 is 1.42 bits per heavy atom. The van der Waals surface area contributed by atoms with Gasteiger partial charge in [0.1, 0.15) is 0 Å². The van der Waals surface area contributed by atoms with Gasteiger partial charge in [-0.2, -0.15) is 0 Å². The van der Waals surface area contributed by atoms with Gasteiger partial charge in [-0.15, -0.1) is 11.3 Å². The van der Waals surface area contributed by atoms with E-state index in [2.05, 4.69) is 11.1 Å². The summed E-state index contributed by atoms with van der Waals surface area (Å²) in [4.78, 5) is 29.4. The summed E-state index contributed by atoms with van der Waals surface area (Å²) in [7, 11) is 0. The van der Waals surface area contributed by atoms with Crippen molar-refractivity contribution in [2.24, 2.45) is 0 Å². The summed E-state index contributed by atoms with van der Waals surface area (Å²) in [5, 5.41) is 2.03. The lowest BCUT2D eigenvalue weighted by atomic mass is 10.1. The van der Waals surface area contributed by atoms with Crippen molar-refractivity contribution in [2.75, 3.05) is 6.54 Å². The first-order chi connectivity index (χ1) is 9.25. The average molecular weight is 274 g/mol. The third-order valence-electron chi connectivity index (χ3n) is 3.41. The van der Waals surface area contributed by atoms with Crippen LogP contribution in [-0.4, -0.2) is 22.3 Å². The van der Waals surface area contributed by atoms with Crippen LogP contribution in [0.4, 0.5) is 0 Å². The number of hydrogen-bond acceptors (Lipinski definition) is 3. The lowest BCUT2D eigenvalue weighted by Crippen LogP contribution is -2.30. The average Bonchev–Trinajstić information content (AvgIpc) is 3.08. The van der Waals surface area contributed by atoms with E-state index >= 15 is 0 Å². The number of rotatable bonds is 2. The van der Waals surface area contributed by atoms with Crippen molar-refractivity contribution >= 4 is 17.2 Å². The first kappa shape index (κ1) is 12.2. The van der Waals surface area contributed by atoms with E-state index in [1.54, 1.807) is 17.4 Å². The molecule has 2 aromatic heterocycles. The molecule has 4 nitrogen and oxygen atoms in total. The highest BCUT2D eigenvalue weighted by molar-refractivity contribution is 7.10. The Bertz CT molecular complexity index is 633. The molecule has 0 aliphatic carbocycles. The second-order valence-electron chi connectivity index (χ2n) is 4.61. The molecule has 19 heavy (non-hydrogen) atoms. The molecule has 0 saturated carbocycles. The zero-order chi connectivity index (χ0) is 13.2. The molecule has 1 N–H and O–H groups in total. The highest BCUT2D eigenvalue weighted by Gasteiger charge is 2.31. The number of hydrogen-bond donors (Lipinski definition) is 1. The van der Waals surface area contributed by atoms with Crippen LogP contribution in [0, 0.1) is 0 Å². The molecule has 0 radical (unpaired) electrons. The van der Waals surface area contributed by atoms with E-state index in [4.69, 9.17) is 0 Å². The SMILES string of the molecule is O=C(c1cc[nH]c(=O)c1)N1CCCC1c1cccs1. The number of amides is 1. The van der Waals surface area contributed by atoms with E-state index in [9.17, 15) is 9.59 Å². The fraction of sp³-hybridized carbons (Fsp3) is 0.286. The Hall–Kier alpha value is -1.88. The van der Waals surface area contributed by atoms with Crippen molar-refractivity contribution in [1.82, 2.24) is 9.88 Å². The Balaban J connectivity index is 1.89. The van der Waals surface area contributed by atoms with Crippen LogP contribution in [0.25, 0.3) is 0 Å². The molecule has 0 aromatic carbocycles. The quantitative estimate of drug-likeness (QED) is 0.914. The Morgan fingerprint density at radius 2 is 2.32 bits per heavy atom. The van der Waals surface area contributed by atoms with Gasteiger partial charge in [0.2, 0.25) is 5.56 Å². The molecule has 98 valence electrons. The number of nitrogens with zero attached hydrogens (tertiary/aromatic N) is 1. The number of pyridine rings is 1. The molecule has 3 rings (SSSR count). The number of carbonyl (C=O) groups excluding carboxylic acids is 1. The van der Waals surface area contributed by atoms with E-state index in [1.807, 2.05) is 16.3 Å². The molecule has 1 aliphatic heterocycles. The zero-order valence-electron chi connectivity index (χ0n) is 10.3. The summed E-state index contributed by atoms with van der Waals surface area (Å²) in [6.07, 6.45) is 3.53. The van der Waals surface area contributed by atoms with Crippen LogP contribution in [0.3, 0.4) is 0 Å². The Kier molecular flexibility index (Phi) is 3.21. The molecule has 2 aromatic rings. The van der Waals surface area contributed by atoms with Crippen LogP contribution >= 0.6 is 11.3 Å². The van der Waals surface area contributed by atoms with E-state index in [1.165, 1.54) is 17.1 Å². The van der Waals surface area contributed by atoms with Crippen molar-refractivity contribution in [1.29, 1.82) is 0 Å². The lowest BCUT2D eigenvalue weighted by molar-refractivity contribution is 0.0737. The fourth-order valence-electron chi connectivity index (χ4n) is 2.53. The molecule has 0 bridgehead atoms. The molecule has 1 saturated heterocycles. The zero-order valence-corrected chi connectivity index (χ0v) is 11.2. The summed E-state index contributed by atoms with van der Waals surface area (Å²) >= 11 is 1.68. The monoisotopic (exact) mass is 274 g/mol. The summed E-state index contributed by atoms with van der Waals surface area (Å²) in [5.41, 5.74) is 0.227. The van der Waals surface area contributed by atoms with Gasteiger partial charge >= 0.3 is 0 Å². The summed E-state index contributed by atoms with van der Waals surface area (Å²) in [6.45, 7) is 0.758. The van der Waals surface area contributed by atoms with Gasteiger partial charge in [0.25, 0.3) is 5.91 Å². The van der Waals surface area contributed by atoms with Gasteiger partial charge in [-0.3, -0.25) is 9.59 Å². The predicted molar refractivity (Wildman–Crippen MR) is 74.4 cm³/mol. The minimum atomic E-state index is -0.238. The van der Waals surface area contributed by atoms with Gasteiger partial charge in [-0.25, -0.2) is 0 Å². The molecular formula is C14H14N2O2S. The second-order valence-corrected chi connectivity index (χ2v) is 5.59. The van der Waals surface area contributed by atoms with E-state index in [-0.39, 0.29) is 17.5 Å². The van der Waals surface area contributed by atoms with Gasteiger partial charge < -0.3 is 9.88 Å². The number of carbonyl (C=O) groups is 1. The maximum atomic E-state index is 12.5. The first-order valence-electron chi connectivity index (χ1n) is 6.29. The van der Waals surface area contributed by atoms with Crippen LogP contribution in [0.15, 0.2) is 40.6 Å². The highest BCUT2D eigenvalue weighted by Crippen LogP contribution is 2.35. The van der Waals surface area contributed by atoms with Crippen LogP contribution in [0.2, 0.25) is 0 Å². The van der Waals surface area contributed by atoms with Crippen LogP contribution in [0.1, 0.15) is 34.1 Å². The maximum absolute atomic E-state index is 12.5. The van der Waals surface area contributed by atoms with Gasteiger partial charge in [0.15, 0.2) is 0 Å². The third-order valence-corrected chi connectivity index (χ3v) is 4.38. The Labute approximate surface area is 114 Å². The summed E-state index contributed by atoms with van der Waals surface area (Å²) in [5.74, 6) is -0.0537. The minimum absolute atomic E-state index is 0.0537.